The van der Waals surface area contributed by atoms with Gasteiger partial charge in [-0.3, -0.25) is 4.79 Å². The van der Waals surface area contributed by atoms with Crippen molar-refractivity contribution < 1.29 is 9.90 Å². The predicted molar refractivity (Wildman–Crippen MR) is 86.2 cm³/mol. The molecule has 0 bridgehead atoms. The first-order valence-electron chi connectivity index (χ1n) is 8.85. The molecule has 0 aliphatic heterocycles. The lowest BCUT2D eigenvalue weighted by molar-refractivity contribution is -0.123. The highest BCUT2D eigenvalue weighted by Crippen LogP contribution is 2.64. The molecule has 5 atom stereocenters. The minimum absolute atomic E-state index is 0.205. The van der Waals surface area contributed by atoms with Crippen LogP contribution in [0, 0.1) is 23.2 Å². The molecule has 4 aliphatic rings. The SMILES string of the molecule is C=C=C1CC[C@H]2[C@@H]3CCC4=CC(=O)CC[C@]4(O)[C@H]3CC[C@]12C. The molecule has 118 valence electrons. The van der Waals surface area contributed by atoms with Crippen LogP contribution in [0.1, 0.15) is 58.3 Å². The van der Waals surface area contributed by atoms with Crippen molar-refractivity contribution in [2.45, 2.75) is 63.9 Å². The van der Waals surface area contributed by atoms with Crippen LogP contribution in [0.4, 0.5) is 0 Å². The summed E-state index contributed by atoms with van der Waals surface area (Å²) in [7, 11) is 0. The standard InChI is InChI=1S/C20H26O2/c1-3-13-5-7-17-16-6-4-14-12-15(21)8-11-20(14,22)18(16)9-10-19(13,17)2/h12,16-18,22H,1,4-11H2,2H3/t16-,17-,18-,19+,20+/m0/s1. The fraction of sp³-hybridized carbons (Fsp3) is 0.700. The van der Waals surface area contributed by atoms with Crippen LogP contribution in [0.3, 0.4) is 0 Å². The number of ketones is 1. The van der Waals surface area contributed by atoms with Gasteiger partial charge in [-0.25, -0.2) is 0 Å². The molecule has 0 amide bonds. The van der Waals surface area contributed by atoms with Crippen LogP contribution in [0.15, 0.2) is 29.5 Å². The molecule has 0 unspecified atom stereocenters. The second-order valence-electron chi connectivity index (χ2n) is 8.13. The van der Waals surface area contributed by atoms with Crippen LogP contribution < -0.4 is 0 Å². The molecule has 4 rings (SSSR count). The third kappa shape index (κ3) is 1.74. The Bertz CT molecular complexity index is 609. The number of carbonyl (C=O) groups is 1. The van der Waals surface area contributed by atoms with Crippen LogP contribution in [-0.2, 0) is 4.79 Å². The van der Waals surface area contributed by atoms with Crippen molar-refractivity contribution >= 4 is 5.78 Å². The number of hydrogen-bond acceptors (Lipinski definition) is 2. The molecule has 0 spiro atoms. The van der Waals surface area contributed by atoms with Crippen LogP contribution in [-0.4, -0.2) is 16.5 Å². The molecule has 3 fully saturated rings. The highest BCUT2D eigenvalue weighted by atomic mass is 16.3. The normalized spacial score (nSPS) is 47.2. The van der Waals surface area contributed by atoms with Gasteiger partial charge in [0.2, 0.25) is 0 Å². The maximum atomic E-state index is 11.7. The number of carbonyl (C=O) groups excluding carboxylic acids is 1. The third-order valence-corrected chi connectivity index (χ3v) is 7.44. The molecule has 0 aromatic carbocycles. The lowest BCUT2D eigenvalue weighted by Crippen LogP contribution is -2.54. The Labute approximate surface area is 133 Å². The second kappa shape index (κ2) is 4.69. The van der Waals surface area contributed by atoms with E-state index in [0.717, 1.165) is 37.7 Å². The van der Waals surface area contributed by atoms with Gasteiger partial charge in [-0.1, -0.05) is 13.5 Å². The highest BCUT2D eigenvalue weighted by molar-refractivity contribution is 5.92. The van der Waals surface area contributed by atoms with E-state index in [4.69, 9.17) is 0 Å². The number of fused-ring (bicyclic) bond motifs is 5. The molecule has 0 radical (unpaired) electrons. The number of rotatable bonds is 0. The molecule has 3 saturated carbocycles. The van der Waals surface area contributed by atoms with Crippen molar-refractivity contribution in [3.63, 3.8) is 0 Å². The first-order valence-corrected chi connectivity index (χ1v) is 8.85. The van der Waals surface area contributed by atoms with Gasteiger partial charge in [-0.05, 0) is 85.3 Å². The van der Waals surface area contributed by atoms with E-state index in [1.165, 1.54) is 12.0 Å². The molecule has 0 aromatic heterocycles. The van der Waals surface area contributed by atoms with Crippen LogP contribution >= 0.6 is 0 Å². The average Bonchev–Trinajstić information content (AvgIpc) is 2.84. The Morgan fingerprint density at radius 1 is 1.18 bits per heavy atom. The summed E-state index contributed by atoms with van der Waals surface area (Å²) < 4.78 is 0. The maximum absolute atomic E-state index is 11.7. The number of aliphatic hydroxyl groups is 1. The van der Waals surface area contributed by atoms with E-state index in [-0.39, 0.29) is 11.2 Å². The molecule has 1 N–H and O–H groups in total. The third-order valence-electron chi connectivity index (χ3n) is 7.44. The molecule has 0 aromatic rings. The fourth-order valence-corrected chi connectivity index (χ4v) is 6.29. The number of hydrogen-bond donors (Lipinski definition) is 1. The molecular weight excluding hydrogens is 272 g/mol. The Morgan fingerprint density at radius 2 is 2.00 bits per heavy atom. The van der Waals surface area contributed by atoms with Crippen LogP contribution in [0.25, 0.3) is 0 Å². The van der Waals surface area contributed by atoms with Gasteiger partial charge >= 0.3 is 0 Å². The number of allylic oxidation sites excluding steroid dienone is 1. The molecule has 22 heavy (non-hydrogen) atoms. The highest BCUT2D eigenvalue weighted by Gasteiger charge is 2.58. The van der Waals surface area contributed by atoms with Gasteiger partial charge in [0.15, 0.2) is 5.78 Å². The summed E-state index contributed by atoms with van der Waals surface area (Å²) in [6.07, 6.45) is 9.54. The smallest absolute Gasteiger partial charge is 0.155 e. The van der Waals surface area contributed by atoms with Gasteiger partial charge in [-0.15, -0.1) is 5.73 Å². The van der Waals surface area contributed by atoms with Gasteiger partial charge in [-0.2, -0.15) is 0 Å². The van der Waals surface area contributed by atoms with Gasteiger partial charge in [0, 0.05) is 6.42 Å². The lowest BCUT2D eigenvalue weighted by Gasteiger charge is -2.56. The van der Waals surface area contributed by atoms with Crippen molar-refractivity contribution in [3.8, 4) is 0 Å². The maximum Gasteiger partial charge on any atom is 0.155 e. The molecule has 0 heterocycles. The van der Waals surface area contributed by atoms with Crippen molar-refractivity contribution in [3.05, 3.63) is 29.5 Å². The van der Waals surface area contributed by atoms with E-state index in [2.05, 4.69) is 19.2 Å². The quantitative estimate of drug-likeness (QED) is 0.687. The van der Waals surface area contributed by atoms with Crippen LogP contribution in [0.2, 0.25) is 0 Å². The van der Waals surface area contributed by atoms with Crippen LogP contribution in [0.5, 0.6) is 0 Å². The van der Waals surface area contributed by atoms with E-state index in [0.29, 0.717) is 30.6 Å². The van der Waals surface area contributed by atoms with Crippen molar-refractivity contribution in [2.24, 2.45) is 23.2 Å². The zero-order chi connectivity index (χ0) is 15.5. The summed E-state index contributed by atoms with van der Waals surface area (Å²) in [5.74, 6) is 1.82. The molecule has 4 aliphatic carbocycles. The lowest BCUT2D eigenvalue weighted by atomic mass is 9.50. The Kier molecular flexibility index (Phi) is 3.09. The van der Waals surface area contributed by atoms with E-state index in [9.17, 15) is 9.90 Å². The average molecular weight is 298 g/mol. The van der Waals surface area contributed by atoms with E-state index >= 15 is 0 Å². The Hall–Kier alpha value is -1.11. The van der Waals surface area contributed by atoms with E-state index < -0.39 is 5.60 Å². The summed E-state index contributed by atoms with van der Waals surface area (Å²) in [5, 5.41) is 11.4. The van der Waals surface area contributed by atoms with Crippen molar-refractivity contribution in [2.75, 3.05) is 0 Å². The first-order chi connectivity index (χ1) is 10.5. The van der Waals surface area contributed by atoms with Gasteiger partial charge < -0.3 is 5.11 Å². The largest absolute Gasteiger partial charge is 0.385 e. The summed E-state index contributed by atoms with van der Waals surface area (Å²) in [5.41, 5.74) is 5.23. The summed E-state index contributed by atoms with van der Waals surface area (Å²) >= 11 is 0. The summed E-state index contributed by atoms with van der Waals surface area (Å²) in [6.45, 7) is 6.31. The van der Waals surface area contributed by atoms with Crippen molar-refractivity contribution in [1.29, 1.82) is 0 Å². The topological polar surface area (TPSA) is 37.3 Å². The fourth-order valence-electron chi connectivity index (χ4n) is 6.29. The minimum Gasteiger partial charge on any atom is -0.385 e. The minimum atomic E-state index is -0.696. The Morgan fingerprint density at radius 3 is 2.77 bits per heavy atom. The zero-order valence-corrected chi connectivity index (χ0v) is 13.5. The Balaban J connectivity index is 1.71. The molecule has 2 heteroatoms. The first kappa shape index (κ1) is 14.5. The molecule has 2 nitrogen and oxygen atoms in total. The molecule has 0 saturated heterocycles. The summed E-state index contributed by atoms with van der Waals surface area (Å²) in [6, 6.07) is 0. The van der Waals surface area contributed by atoms with Gasteiger partial charge in [0.25, 0.3) is 0 Å². The summed E-state index contributed by atoms with van der Waals surface area (Å²) in [4.78, 5) is 11.7. The monoisotopic (exact) mass is 298 g/mol. The van der Waals surface area contributed by atoms with Crippen molar-refractivity contribution in [1.82, 2.24) is 0 Å². The zero-order valence-electron chi connectivity index (χ0n) is 13.5. The van der Waals surface area contributed by atoms with E-state index in [1.807, 2.05) is 0 Å². The second-order valence-corrected chi connectivity index (χ2v) is 8.13. The van der Waals surface area contributed by atoms with E-state index in [1.54, 1.807) is 6.08 Å². The predicted octanol–water partition coefficient (Wildman–Crippen LogP) is 3.95. The molecular formula is C20H26O2. The van der Waals surface area contributed by atoms with Gasteiger partial charge in [0.1, 0.15) is 0 Å². The van der Waals surface area contributed by atoms with Gasteiger partial charge in [0.05, 0.1) is 5.60 Å².